The first-order chi connectivity index (χ1) is 12.6. The van der Waals surface area contributed by atoms with Crippen molar-refractivity contribution >= 4 is 11.9 Å². The van der Waals surface area contributed by atoms with Gasteiger partial charge in [0, 0.05) is 39.9 Å². The Bertz CT molecular complexity index is 514. The predicted molar refractivity (Wildman–Crippen MR) is 105 cm³/mol. The van der Waals surface area contributed by atoms with Gasteiger partial charge in [0.1, 0.15) is 6.54 Å². The van der Waals surface area contributed by atoms with E-state index in [4.69, 9.17) is 0 Å². The quantitative estimate of drug-likeness (QED) is 0.333. The van der Waals surface area contributed by atoms with E-state index >= 15 is 0 Å². The fourth-order valence-electron chi connectivity index (χ4n) is 2.45. The number of rotatable bonds is 12. The molecule has 1 heterocycles. The zero-order valence-electron chi connectivity index (χ0n) is 16.7. The van der Waals surface area contributed by atoms with E-state index in [0.29, 0.717) is 11.9 Å². The highest BCUT2D eigenvalue weighted by atomic mass is 16.2. The van der Waals surface area contributed by atoms with Crippen LogP contribution in [0.2, 0.25) is 0 Å². The van der Waals surface area contributed by atoms with Crippen molar-refractivity contribution in [3.8, 4) is 0 Å². The summed E-state index contributed by atoms with van der Waals surface area (Å²) in [7, 11) is 3.49. The predicted octanol–water partition coefficient (Wildman–Crippen LogP) is 1.51. The van der Waals surface area contributed by atoms with Crippen LogP contribution in [-0.2, 0) is 11.3 Å². The molecule has 0 aliphatic heterocycles. The van der Waals surface area contributed by atoms with Crippen molar-refractivity contribution in [1.82, 2.24) is 30.5 Å². The number of hydrogen-bond donors (Lipinski definition) is 2. The zero-order chi connectivity index (χ0) is 19.2. The van der Waals surface area contributed by atoms with Crippen LogP contribution in [0.25, 0.3) is 0 Å². The number of nitrogens with one attached hydrogen (secondary N) is 2. The van der Waals surface area contributed by atoms with Gasteiger partial charge in [0.05, 0.1) is 6.20 Å². The summed E-state index contributed by atoms with van der Waals surface area (Å²) in [6.07, 6.45) is 9.25. The molecule has 8 nitrogen and oxygen atoms in total. The Morgan fingerprint density at radius 2 is 2.08 bits per heavy atom. The van der Waals surface area contributed by atoms with E-state index in [0.717, 1.165) is 32.5 Å². The van der Waals surface area contributed by atoms with Crippen LogP contribution in [0.15, 0.2) is 17.4 Å². The third-order valence-electron chi connectivity index (χ3n) is 4.30. The molecule has 0 fully saturated rings. The molecule has 1 atom stereocenters. The molecule has 0 radical (unpaired) electrons. The molecule has 1 unspecified atom stereocenters. The molecule has 148 valence electrons. The van der Waals surface area contributed by atoms with Crippen LogP contribution in [0.3, 0.4) is 0 Å². The molecule has 1 rings (SSSR count). The molecule has 1 aromatic heterocycles. The van der Waals surface area contributed by atoms with Gasteiger partial charge in [0.15, 0.2) is 5.96 Å². The molecular formula is C18H35N7O. The van der Waals surface area contributed by atoms with Gasteiger partial charge in [-0.05, 0) is 18.8 Å². The van der Waals surface area contributed by atoms with E-state index in [9.17, 15) is 4.79 Å². The fraction of sp³-hybridized carbons (Fsp3) is 0.778. The number of aryl methyl sites for hydroxylation is 1. The molecule has 26 heavy (non-hydrogen) atoms. The van der Waals surface area contributed by atoms with Gasteiger partial charge in [-0.3, -0.25) is 9.48 Å². The second-order valence-electron chi connectivity index (χ2n) is 6.70. The van der Waals surface area contributed by atoms with Gasteiger partial charge in [0.2, 0.25) is 5.91 Å². The molecule has 0 saturated heterocycles. The van der Waals surface area contributed by atoms with Gasteiger partial charge < -0.3 is 15.5 Å². The lowest BCUT2D eigenvalue weighted by Gasteiger charge is -2.18. The zero-order valence-corrected chi connectivity index (χ0v) is 16.7. The maximum absolute atomic E-state index is 11.8. The van der Waals surface area contributed by atoms with Crippen LogP contribution in [-0.4, -0.2) is 65.5 Å². The second kappa shape index (κ2) is 13.1. The maximum Gasteiger partial charge on any atom is 0.243 e. The van der Waals surface area contributed by atoms with Crippen molar-refractivity contribution < 1.29 is 4.79 Å². The first kappa shape index (κ1) is 21.9. The van der Waals surface area contributed by atoms with E-state index < -0.39 is 0 Å². The number of unbranched alkanes of at least 4 members (excludes halogenated alkanes) is 1. The van der Waals surface area contributed by atoms with Crippen molar-refractivity contribution in [3.63, 3.8) is 0 Å². The monoisotopic (exact) mass is 365 g/mol. The summed E-state index contributed by atoms with van der Waals surface area (Å²) in [5, 5.41) is 14.5. The van der Waals surface area contributed by atoms with Gasteiger partial charge >= 0.3 is 0 Å². The van der Waals surface area contributed by atoms with Crippen molar-refractivity contribution in [2.75, 3.05) is 33.7 Å². The topological polar surface area (TPSA) is 87.4 Å². The van der Waals surface area contributed by atoms with Gasteiger partial charge in [0.25, 0.3) is 0 Å². The lowest BCUT2D eigenvalue weighted by atomic mass is 9.99. The molecule has 0 aromatic carbocycles. The average molecular weight is 366 g/mol. The first-order valence-corrected chi connectivity index (χ1v) is 9.63. The van der Waals surface area contributed by atoms with E-state index in [1.54, 1.807) is 29.9 Å². The van der Waals surface area contributed by atoms with Crippen LogP contribution in [0.5, 0.6) is 0 Å². The summed E-state index contributed by atoms with van der Waals surface area (Å²) in [6.45, 7) is 7.02. The van der Waals surface area contributed by atoms with E-state index in [1.807, 2.05) is 6.20 Å². The Balaban J connectivity index is 2.48. The Morgan fingerprint density at radius 1 is 1.27 bits per heavy atom. The average Bonchev–Trinajstić information content (AvgIpc) is 3.15. The summed E-state index contributed by atoms with van der Waals surface area (Å²) in [6, 6.07) is 0. The Morgan fingerprint density at radius 3 is 2.69 bits per heavy atom. The SMILES string of the molecule is CCCCC(CC)CNC(=NCC(=O)N(C)C)NCCCn1ccnn1. The summed E-state index contributed by atoms with van der Waals surface area (Å²) in [5.74, 6) is 1.32. The lowest BCUT2D eigenvalue weighted by molar-refractivity contribution is -0.127. The van der Waals surface area contributed by atoms with Crippen LogP contribution < -0.4 is 10.6 Å². The van der Waals surface area contributed by atoms with Gasteiger partial charge in [-0.2, -0.15) is 0 Å². The number of carbonyl (C=O) groups excluding carboxylic acids is 1. The standard InChI is InChI=1S/C18H35N7O/c1-5-7-9-16(6-2)14-20-18(21-15-17(26)24(3)4)19-10-8-12-25-13-11-22-23-25/h11,13,16H,5-10,12,14-15H2,1-4H3,(H2,19,20,21). The highest BCUT2D eigenvalue weighted by Gasteiger charge is 2.08. The summed E-state index contributed by atoms with van der Waals surface area (Å²) < 4.78 is 1.80. The van der Waals surface area contributed by atoms with Gasteiger partial charge in [-0.15, -0.1) is 5.10 Å². The number of guanidine groups is 1. The molecule has 0 aliphatic rings. The summed E-state index contributed by atoms with van der Waals surface area (Å²) in [4.78, 5) is 17.8. The van der Waals surface area contributed by atoms with Crippen molar-refractivity contribution in [2.24, 2.45) is 10.9 Å². The number of nitrogens with zero attached hydrogens (tertiary/aromatic N) is 5. The van der Waals surface area contributed by atoms with Crippen LogP contribution in [0, 0.1) is 5.92 Å². The number of likely N-dealkylation sites (N-methyl/N-ethyl adjacent to an activating group) is 1. The number of aromatic nitrogens is 3. The third kappa shape index (κ3) is 9.39. The largest absolute Gasteiger partial charge is 0.356 e. The number of amides is 1. The number of hydrogen-bond acceptors (Lipinski definition) is 4. The molecule has 2 N–H and O–H groups in total. The van der Waals surface area contributed by atoms with Gasteiger partial charge in [-0.25, -0.2) is 4.99 Å². The maximum atomic E-state index is 11.8. The Kier molecular flexibility index (Phi) is 11.1. The van der Waals surface area contributed by atoms with Crippen LogP contribution in [0.1, 0.15) is 46.0 Å². The fourth-order valence-corrected chi connectivity index (χ4v) is 2.45. The Hall–Kier alpha value is -2.12. The normalized spacial score (nSPS) is 12.7. The number of carbonyl (C=O) groups is 1. The molecule has 0 saturated carbocycles. The second-order valence-corrected chi connectivity index (χ2v) is 6.70. The molecule has 1 aromatic rings. The molecule has 1 amide bonds. The van der Waals surface area contributed by atoms with Crippen molar-refractivity contribution in [1.29, 1.82) is 0 Å². The third-order valence-corrected chi connectivity index (χ3v) is 4.30. The van der Waals surface area contributed by atoms with E-state index in [2.05, 4.69) is 39.8 Å². The first-order valence-electron chi connectivity index (χ1n) is 9.63. The molecule has 8 heteroatoms. The van der Waals surface area contributed by atoms with Crippen LogP contribution in [0.4, 0.5) is 0 Å². The van der Waals surface area contributed by atoms with Crippen molar-refractivity contribution in [3.05, 3.63) is 12.4 Å². The smallest absolute Gasteiger partial charge is 0.243 e. The van der Waals surface area contributed by atoms with Crippen LogP contribution >= 0.6 is 0 Å². The van der Waals surface area contributed by atoms with E-state index in [-0.39, 0.29) is 12.5 Å². The minimum absolute atomic E-state index is 0.00765. The summed E-state index contributed by atoms with van der Waals surface area (Å²) in [5.41, 5.74) is 0. The minimum atomic E-state index is -0.00765. The van der Waals surface area contributed by atoms with Gasteiger partial charge in [-0.1, -0.05) is 38.3 Å². The minimum Gasteiger partial charge on any atom is -0.356 e. The highest BCUT2D eigenvalue weighted by molar-refractivity contribution is 5.84. The van der Waals surface area contributed by atoms with Crippen molar-refractivity contribution in [2.45, 2.75) is 52.5 Å². The number of aliphatic imine (C=N–C) groups is 1. The highest BCUT2D eigenvalue weighted by Crippen LogP contribution is 2.11. The molecule has 0 bridgehead atoms. The van der Waals surface area contributed by atoms with E-state index in [1.165, 1.54) is 19.3 Å². The molecule has 0 spiro atoms. The molecular weight excluding hydrogens is 330 g/mol. The Labute approximate surface area is 157 Å². The lowest BCUT2D eigenvalue weighted by Crippen LogP contribution is -2.41. The summed E-state index contributed by atoms with van der Waals surface area (Å²) >= 11 is 0. The molecule has 0 aliphatic carbocycles.